The molecule has 0 radical (unpaired) electrons. The van der Waals surface area contributed by atoms with Crippen molar-refractivity contribution < 1.29 is 4.74 Å². The van der Waals surface area contributed by atoms with Gasteiger partial charge in [-0.2, -0.15) is 0 Å². The lowest BCUT2D eigenvalue weighted by Crippen LogP contribution is -2.27. The van der Waals surface area contributed by atoms with E-state index in [9.17, 15) is 0 Å². The largest absolute Gasteiger partial charge is 0.495 e. The summed E-state index contributed by atoms with van der Waals surface area (Å²) < 4.78 is 5.38. The molecule has 1 fully saturated rings. The number of methoxy groups -OCH3 is 1. The Kier molecular flexibility index (Phi) is 2.06. The molecule has 2 atom stereocenters. The third-order valence-corrected chi connectivity index (χ3v) is 3.56. The molecule has 1 aromatic carbocycles. The predicted octanol–water partition coefficient (Wildman–Crippen LogP) is 1.42. The van der Waals surface area contributed by atoms with Crippen LogP contribution < -0.4 is 15.4 Å². The normalized spacial score (nSPS) is 27.8. The SMILES string of the molecule is COc1cccc2c1NC[C@H]1CNC[C@@H]21. The summed E-state index contributed by atoms with van der Waals surface area (Å²) in [7, 11) is 1.73. The molecule has 15 heavy (non-hydrogen) atoms. The number of hydrogen-bond donors (Lipinski definition) is 2. The highest BCUT2D eigenvalue weighted by Crippen LogP contribution is 2.41. The van der Waals surface area contributed by atoms with Crippen LogP contribution in [0.1, 0.15) is 11.5 Å². The minimum absolute atomic E-state index is 0.663. The van der Waals surface area contributed by atoms with Crippen molar-refractivity contribution in [2.24, 2.45) is 5.92 Å². The van der Waals surface area contributed by atoms with Crippen LogP contribution in [-0.4, -0.2) is 26.7 Å². The molecule has 3 heteroatoms. The molecule has 80 valence electrons. The minimum Gasteiger partial charge on any atom is -0.495 e. The van der Waals surface area contributed by atoms with Gasteiger partial charge in [-0.3, -0.25) is 0 Å². The second-order valence-electron chi connectivity index (χ2n) is 4.33. The number of hydrogen-bond acceptors (Lipinski definition) is 3. The molecule has 0 aliphatic carbocycles. The van der Waals surface area contributed by atoms with Gasteiger partial charge in [0.15, 0.2) is 0 Å². The summed E-state index contributed by atoms with van der Waals surface area (Å²) in [6, 6.07) is 6.32. The first kappa shape index (κ1) is 9.04. The summed E-state index contributed by atoms with van der Waals surface area (Å²) in [6.45, 7) is 3.30. The quantitative estimate of drug-likeness (QED) is 0.726. The first-order valence-electron chi connectivity index (χ1n) is 5.51. The van der Waals surface area contributed by atoms with E-state index in [2.05, 4.69) is 22.8 Å². The molecule has 2 aliphatic heterocycles. The van der Waals surface area contributed by atoms with Crippen molar-refractivity contribution in [2.45, 2.75) is 5.92 Å². The van der Waals surface area contributed by atoms with E-state index in [-0.39, 0.29) is 0 Å². The van der Waals surface area contributed by atoms with Crippen molar-refractivity contribution in [3.05, 3.63) is 23.8 Å². The number of nitrogens with one attached hydrogen (secondary N) is 2. The smallest absolute Gasteiger partial charge is 0.142 e. The van der Waals surface area contributed by atoms with Crippen molar-refractivity contribution >= 4 is 5.69 Å². The molecule has 1 aromatic rings. The average Bonchev–Trinajstić information content (AvgIpc) is 2.76. The molecule has 2 N–H and O–H groups in total. The van der Waals surface area contributed by atoms with Gasteiger partial charge in [0.25, 0.3) is 0 Å². The zero-order chi connectivity index (χ0) is 10.3. The van der Waals surface area contributed by atoms with Crippen LogP contribution >= 0.6 is 0 Å². The Morgan fingerprint density at radius 3 is 3.07 bits per heavy atom. The van der Waals surface area contributed by atoms with Crippen LogP contribution in [0.3, 0.4) is 0 Å². The van der Waals surface area contributed by atoms with Crippen LogP contribution in [0.5, 0.6) is 5.75 Å². The third kappa shape index (κ3) is 1.30. The molecule has 0 unspecified atom stereocenters. The monoisotopic (exact) mass is 204 g/mol. The van der Waals surface area contributed by atoms with Crippen LogP contribution in [-0.2, 0) is 0 Å². The first-order valence-corrected chi connectivity index (χ1v) is 5.51. The van der Waals surface area contributed by atoms with Crippen molar-refractivity contribution in [1.82, 2.24) is 5.32 Å². The van der Waals surface area contributed by atoms with Crippen molar-refractivity contribution in [1.29, 1.82) is 0 Å². The lowest BCUT2D eigenvalue weighted by molar-refractivity contribution is 0.412. The van der Waals surface area contributed by atoms with Gasteiger partial charge in [0, 0.05) is 25.6 Å². The predicted molar refractivity (Wildman–Crippen MR) is 60.6 cm³/mol. The molecular weight excluding hydrogens is 188 g/mol. The molecule has 2 heterocycles. The van der Waals surface area contributed by atoms with Gasteiger partial charge in [-0.05, 0) is 17.5 Å². The second kappa shape index (κ2) is 3.42. The van der Waals surface area contributed by atoms with Gasteiger partial charge in [0.2, 0.25) is 0 Å². The van der Waals surface area contributed by atoms with Crippen LogP contribution in [0.4, 0.5) is 5.69 Å². The van der Waals surface area contributed by atoms with E-state index in [1.807, 2.05) is 6.07 Å². The van der Waals surface area contributed by atoms with Crippen molar-refractivity contribution in [2.75, 3.05) is 32.1 Å². The van der Waals surface area contributed by atoms with Crippen LogP contribution in [0.15, 0.2) is 18.2 Å². The summed E-state index contributed by atoms with van der Waals surface area (Å²) in [5.41, 5.74) is 2.61. The number of para-hydroxylation sites is 1. The third-order valence-electron chi connectivity index (χ3n) is 3.56. The fourth-order valence-electron chi connectivity index (χ4n) is 2.76. The highest BCUT2D eigenvalue weighted by Gasteiger charge is 2.34. The van der Waals surface area contributed by atoms with Gasteiger partial charge in [0.05, 0.1) is 12.8 Å². The van der Waals surface area contributed by atoms with E-state index in [4.69, 9.17) is 4.74 Å². The number of ether oxygens (including phenoxy) is 1. The summed E-state index contributed by atoms with van der Waals surface area (Å²) in [5.74, 6) is 2.37. The Morgan fingerprint density at radius 2 is 2.20 bits per heavy atom. The Labute approximate surface area is 89.8 Å². The standard InChI is InChI=1S/C12H16N2O/c1-15-11-4-2-3-9-10-7-13-5-8(10)6-14-12(9)11/h2-4,8,10,13-14H,5-7H2,1H3/t8-,10-/m1/s1. The van der Waals surface area contributed by atoms with Crippen molar-refractivity contribution in [3.8, 4) is 5.75 Å². The molecule has 0 bridgehead atoms. The Morgan fingerprint density at radius 1 is 1.27 bits per heavy atom. The van der Waals surface area contributed by atoms with E-state index in [0.717, 1.165) is 31.3 Å². The van der Waals surface area contributed by atoms with E-state index in [0.29, 0.717) is 5.92 Å². The topological polar surface area (TPSA) is 33.3 Å². The first-order chi connectivity index (χ1) is 7.40. The van der Waals surface area contributed by atoms with Gasteiger partial charge in [-0.25, -0.2) is 0 Å². The second-order valence-corrected chi connectivity index (χ2v) is 4.33. The van der Waals surface area contributed by atoms with Gasteiger partial charge in [-0.1, -0.05) is 12.1 Å². The number of fused-ring (bicyclic) bond motifs is 3. The molecule has 0 spiro atoms. The van der Waals surface area contributed by atoms with Crippen molar-refractivity contribution in [3.63, 3.8) is 0 Å². The van der Waals surface area contributed by atoms with E-state index in [1.165, 1.54) is 11.3 Å². The zero-order valence-electron chi connectivity index (χ0n) is 8.92. The molecular formula is C12H16N2O. The summed E-state index contributed by atoms with van der Waals surface area (Å²) >= 11 is 0. The Hall–Kier alpha value is -1.22. The average molecular weight is 204 g/mol. The lowest BCUT2D eigenvalue weighted by Gasteiger charge is -2.29. The highest BCUT2D eigenvalue weighted by atomic mass is 16.5. The maximum absolute atomic E-state index is 5.38. The van der Waals surface area contributed by atoms with E-state index < -0.39 is 0 Å². The van der Waals surface area contributed by atoms with Crippen LogP contribution in [0.25, 0.3) is 0 Å². The summed E-state index contributed by atoms with van der Waals surface area (Å²) in [5, 5.41) is 6.95. The number of benzene rings is 1. The van der Waals surface area contributed by atoms with Crippen LogP contribution in [0, 0.1) is 5.92 Å². The molecule has 2 aliphatic rings. The maximum atomic E-state index is 5.38. The number of anilines is 1. The number of rotatable bonds is 1. The van der Waals surface area contributed by atoms with E-state index >= 15 is 0 Å². The van der Waals surface area contributed by atoms with Gasteiger partial charge in [0.1, 0.15) is 5.75 Å². The summed E-state index contributed by atoms with van der Waals surface area (Å²) in [6.07, 6.45) is 0. The molecule has 1 saturated heterocycles. The molecule has 3 rings (SSSR count). The van der Waals surface area contributed by atoms with E-state index in [1.54, 1.807) is 7.11 Å². The molecule has 0 aromatic heterocycles. The maximum Gasteiger partial charge on any atom is 0.142 e. The van der Waals surface area contributed by atoms with Crippen LogP contribution in [0.2, 0.25) is 0 Å². The fourth-order valence-corrected chi connectivity index (χ4v) is 2.76. The fraction of sp³-hybridized carbons (Fsp3) is 0.500. The Bertz CT molecular complexity index is 378. The zero-order valence-corrected chi connectivity index (χ0v) is 8.92. The lowest BCUT2D eigenvalue weighted by atomic mass is 9.84. The highest BCUT2D eigenvalue weighted by molar-refractivity contribution is 5.65. The van der Waals surface area contributed by atoms with Gasteiger partial charge < -0.3 is 15.4 Å². The van der Waals surface area contributed by atoms with Gasteiger partial charge >= 0.3 is 0 Å². The van der Waals surface area contributed by atoms with Gasteiger partial charge in [-0.15, -0.1) is 0 Å². The summed E-state index contributed by atoms with van der Waals surface area (Å²) in [4.78, 5) is 0. The minimum atomic E-state index is 0.663. The Balaban J connectivity index is 2.07. The molecule has 0 amide bonds. The molecule has 3 nitrogen and oxygen atoms in total. The molecule has 0 saturated carbocycles.